The van der Waals surface area contributed by atoms with Gasteiger partial charge in [0.05, 0.1) is 12.2 Å². The van der Waals surface area contributed by atoms with Gasteiger partial charge in [0, 0.05) is 12.6 Å². The predicted molar refractivity (Wildman–Crippen MR) is 54.8 cm³/mol. The van der Waals surface area contributed by atoms with Crippen molar-refractivity contribution in [2.75, 3.05) is 6.61 Å². The summed E-state index contributed by atoms with van der Waals surface area (Å²) in [5.74, 6) is 0. The fraction of sp³-hybridized carbons (Fsp3) is 0.455. The highest BCUT2D eigenvalue weighted by atomic mass is 19.4. The van der Waals surface area contributed by atoms with Gasteiger partial charge in [-0.25, -0.2) is 0 Å². The molecular weight excluding hydrogens is 219 g/mol. The maximum atomic E-state index is 12.6. The summed E-state index contributed by atoms with van der Waals surface area (Å²) in [6, 6.07) is 5.19. The van der Waals surface area contributed by atoms with Gasteiger partial charge in [-0.05, 0) is 18.6 Å². The minimum absolute atomic E-state index is 0.0947. The Kier molecular flexibility index (Phi) is 4.32. The largest absolute Gasteiger partial charge is 0.416 e. The van der Waals surface area contributed by atoms with E-state index in [4.69, 9.17) is 5.11 Å². The quantitative estimate of drug-likeness (QED) is 0.835. The summed E-state index contributed by atoms with van der Waals surface area (Å²) in [6.45, 7) is 1.70. The molecule has 1 atom stereocenters. The van der Waals surface area contributed by atoms with Crippen molar-refractivity contribution in [2.24, 2.45) is 0 Å². The van der Waals surface area contributed by atoms with Crippen molar-refractivity contribution in [3.05, 3.63) is 35.4 Å². The Morgan fingerprint density at radius 3 is 2.50 bits per heavy atom. The molecule has 5 heteroatoms. The molecule has 0 aliphatic carbocycles. The topological polar surface area (TPSA) is 32.3 Å². The Morgan fingerprint density at radius 2 is 1.94 bits per heavy atom. The predicted octanol–water partition coefficient (Wildman–Crippen LogP) is 2.18. The van der Waals surface area contributed by atoms with Crippen LogP contribution in [-0.2, 0) is 12.7 Å². The molecule has 0 aliphatic rings. The number of hydrogen-bond acceptors (Lipinski definition) is 2. The zero-order chi connectivity index (χ0) is 12.2. The molecule has 1 aromatic carbocycles. The first-order valence-corrected chi connectivity index (χ1v) is 4.94. The molecule has 0 unspecified atom stereocenters. The molecular formula is C11H14F3NO. The lowest BCUT2D eigenvalue weighted by atomic mass is 10.1. The Bertz CT molecular complexity index is 338. The highest BCUT2D eigenvalue weighted by Gasteiger charge is 2.32. The number of rotatable bonds is 4. The zero-order valence-electron chi connectivity index (χ0n) is 8.88. The smallest absolute Gasteiger partial charge is 0.395 e. The Morgan fingerprint density at radius 1 is 1.31 bits per heavy atom. The van der Waals surface area contributed by atoms with Crippen molar-refractivity contribution in [1.82, 2.24) is 5.32 Å². The molecule has 0 aromatic heterocycles. The van der Waals surface area contributed by atoms with E-state index >= 15 is 0 Å². The van der Waals surface area contributed by atoms with Crippen LogP contribution in [0.4, 0.5) is 13.2 Å². The lowest BCUT2D eigenvalue weighted by Gasteiger charge is -2.15. The lowest BCUT2D eigenvalue weighted by Crippen LogP contribution is -2.29. The van der Waals surface area contributed by atoms with Crippen molar-refractivity contribution >= 4 is 0 Å². The molecule has 0 heterocycles. The molecule has 0 spiro atoms. The van der Waals surface area contributed by atoms with E-state index in [0.717, 1.165) is 6.07 Å². The zero-order valence-corrected chi connectivity index (χ0v) is 8.88. The van der Waals surface area contributed by atoms with Gasteiger partial charge >= 0.3 is 6.18 Å². The number of alkyl halides is 3. The maximum Gasteiger partial charge on any atom is 0.416 e. The summed E-state index contributed by atoms with van der Waals surface area (Å²) in [5.41, 5.74) is -0.442. The summed E-state index contributed by atoms with van der Waals surface area (Å²) in [7, 11) is 0. The monoisotopic (exact) mass is 233 g/mol. The van der Waals surface area contributed by atoms with Gasteiger partial charge in [-0.15, -0.1) is 0 Å². The van der Waals surface area contributed by atoms with Gasteiger partial charge in [0.15, 0.2) is 0 Å². The maximum absolute atomic E-state index is 12.6. The first kappa shape index (κ1) is 13.0. The van der Waals surface area contributed by atoms with E-state index in [0.29, 0.717) is 0 Å². The summed E-state index contributed by atoms with van der Waals surface area (Å²) in [6.07, 6.45) is -4.33. The molecule has 2 N–H and O–H groups in total. The minimum Gasteiger partial charge on any atom is -0.395 e. The van der Waals surface area contributed by atoms with Crippen LogP contribution in [0.15, 0.2) is 24.3 Å². The van der Waals surface area contributed by atoms with Crippen molar-refractivity contribution in [3.8, 4) is 0 Å². The van der Waals surface area contributed by atoms with Crippen LogP contribution in [0.3, 0.4) is 0 Å². The molecule has 90 valence electrons. The molecule has 0 aliphatic heterocycles. The van der Waals surface area contributed by atoms with Crippen molar-refractivity contribution in [1.29, 1.82) is 0 Å². The van der Waals surface area contributed by atoms with Gasteiger partial charge in [-0.3, -0.25) is 0 Å². The number of benzene rings is 1. The number of hydrogen-bond donors (Lipinski definition) is 2. The Labute approximate surface area is 92.1 Å². The minimum atomic E-state index is -4.33. The van der Waals surface area contributed by atoms with E-state index in [1.54, 1.807) is 13.0 Å². The first-order chi connectivity index (χ1) is 7.45. The lowest BCUT2D eigenvalue weighted by molar-refractivity contribution is -0.138. The average molecular weight is 233 g/mol. The van der Waals surface area contributed by atoms with Crippen LogP contribution < -0.4 is 5.32 Å². The van der Waals surface area contributed by atoms with Crippen LogP contribution in [-0.4, -0.2) is 17.8 Å². The highest BCUT2D eigenvalue weighted by Crippen LogP contribution is 2.31. The number of halogens is 3. The van der Waals surface area contributed by atoms with Gasteiger partial charge in [0.25, 0.3) is 0 Å². The molecule has 1 rings (SSSR count). The molecule has 0 radical (unpaired) electrons. The van der Waals surface area contributed by atoms with Crippen LogP contribution >= 0.6 is 0 Å². The van der Waals surface area contributed by atoms with E-state index < -0.39 is 11.7 Å². The summed E-state index contributed by atoms with van der Waals surface area (Å²) >= 11 is 0. The van der Waals surface area contributed by atoms with E-state index in [9.17, 15) is 13.2 Å². The van der Waals surface area contributed by atoms with Gasteiger partial charge < -0.3 is 10.4 Å². The van der Waals surface area contributed by atoms with Crippen molar-refractivity contribution < 1.29 is 18.3 Å². The highest BCUT2D eigenvalue weighted by molar-refractivity contribution is 5.29. The summed E-state index contributed by atoms with van der Waals surface area (Å²) < 4.78 is 37.7. The normalized spacial score (nSPS) is 13.8. The van der Waals surface area contributed by atoms with Crippen LogP contribution in [0.5, 0.6) is 0 Å². The molecule has 0 amide bonds. The fourth-order valence-electron chi connectivity index (χ4n) is 1.30. The number of nitrogens with one attached hydrogen (secondary N) is 1. The van der Waals surface area contributed by atoms with E-state index in [1.165, 1.54) is 12.1 Å². The second-order valence-electron chi connectivity index (χ2n) is 3.62. The standard InChI is InChI=1S/C11H14F3NO/c1-8(7-16)15-6-9-4-2-3-5-10(9)11(12,13)14/h2-5,8,15-16H,6-7H2,1H3/t8-/m0/s1. The second kappa shape index (κ2) is 5.32. The third-order valence-corrected chi connectivity index (χ3v) is 2.24. The number of aliphatic hydroxyl groups excluding tert-OH is 1. The van der Waals surface area contributed by atoms with Crippen LogP contribution in [0.25, 0.3) is 0 Å². The van der Waals surface area contributed by atoms with E-state index in [2.05, 4.69) is 5.32 Å². The fourth-order valence-corrected chi connectivity index (χ4v) is 1.30. The average Bonchev–Trinajstić information content (AvgIpc) is 2.25. The first-order valence-electron chi connectivity index (χ1n) is 4.94. The summed E-state index contributed by atoms with van der Waals surface area (Å²) in [5, 5.41) is 11.6. The van der Waals surface area contributed by atoms with Crippen LogP contribution in [0.2, 0.25) is 0 Å². The van der Waals surface area contributed by atoms with Crippen LogP contribution in [0, 0.1) is 0 Å². The molecule has 0 saturated carbocycles. The Hall–Kier alpha value is -1.07. The van der Waals surface area contributed by atoms with Crippen molar-refractivity contribution in [3.63, 3.8) is 0 Å². The molecule has 16 heavy (non-hydrogen) atoms. The van der Waals surface area contributed by atoms with Gasteiger partial charge in [-0.1, -0.05) is 18.2 Å². The van der Waals surface area contributed by atoms with E-state index in [-0.39, 0.29) is 24.8 Å². The molecule has 2 nitrogen and oxygen atoms in total. The van der Waals surface area contributed by atoms with Gasteiger partial charge in [0.1, 0.15) is 0 Å². The van der Waals surface area contributed by atoms with Crippen LogP contribution in [0.1, 0.15) is 18.1 Å². The van der Waals surface area contributed by atoms with Gasteiger partial charge in [0.2, 0.25) is 0 Å². The molecule has 0 bridgehead atoms. The molecule has 0 fully saturated rings. The second-order valence-corrected chi connectivity index (χ2v) is 3.62. The molecule has 0 saturated heterocycles. The third kappa shape index (κ3) is 3.50. The SMILES string of the molecule is C[C@@H](CO)NCc1ccccc1C(F)(F)F. The number of aliphatic hydroxyl groups is 1. The van der Waals surface area contributed by atoms with Crippen molar-refractivity contribution in [2.45, 2.75) is 25.7 Å². The van der Waals surface area contributed by atoms with Gasteiger partial charge in [-0.2, -0.15) is 13.2 Å². The van der Waals surface area contributed by atoms with E-state index in [1.807, 2.05) is 0 Å². The Balaban J connectivity index is 2.80. The third-order valence-electron chi connectivity index (χ3n) is 2.24. The summed E-state index contributed by atoms with van der Waals surface area (Å²) in [4.78, 5) is 0. The molecule has 1 aromatic rings.